The minimum absolute atomic E-state index is 0.112. The van der Waals surface area contributed by atoms with Crippen LogP contribution < -0.4 is 10.5 Å². The average molecular weight is 454 g/mol. The summed E-state index contributed by atoms with van der Waals surface area (Å²) >= 11 is 0. The van der Waals surface area contributed by atoms with Gasteiger partial charge in [-0.2, -0.15) is 5.10 Å². The minimum Gasteiger partial charge on any atom is -0.402 e. The van der Waals surface area contributed by atoms with Crippen molar-refractivity contribution in [2.24, 2.45) is 5.92 Å². The normalized spacial score (nSPS) is 24.9. The number of anilines is 1. The quantitative estimate of drug-likeness (QED) is 0.730. The van der Waals surface area contributed by atoms with Crippen molar-refractivity contribution in [3.05, 3.63) is 24.0 Å². The Balaban J connectivity index is 1.63. The van der Waals surface area contributed by atoms with Gasteiger partial charge in [0.15, 0.2) is 11.6 Å². The molecule has 1 aliphatic carbocycles. The molecule has 2 aromatic rings. The van der Waals surface area contributed by atoms with Crippen molar-refractivity contribution in [1.29, 1.82) is 0 Å². The van der Waals surface area contributed by atoms with E-state index in [2.05, 4.69) is 35.4 Å². The van der Waals surface area contributed by atoms with E-state index < -0.39 is 12.1 Å². The Morgan fingerprint density at radius 2 is 1.91 bits per heavy atom. The molecule has 0 aromatic carbocycles. The molecule has 0 unspecified atom stereocenters. The summed E-state index contributed by atoms with van der Waals surface area (Å²) < 4.78 is 49.7. The summed E-state index contributed by atoms with van der Waals surface area (Å²) in [5.41, 5.74) is 7.70. The molecular weight excluding hydrogens is 423 g/mol. The topological polar surface area (TPSA) is 78.4 Å². The van der Waals surface area contributed by atoms with Crippen LogP contribution in [0.25, 0.3) is 11.3 Å². The summed E-state index contributed by atoms with van der Waals surface area (Å²) in [6, 6.07) is 3.85. The van der Waals surface area contributed by atoms with E-state index in [1.807, 2.05) is 10.7 Å². The number of ether oxygens (including phenoxy) is 2. The van der Waals surface area contributed by atoms with Gasteiger partial charge in [-0.15, -0.1) is 13.2 Å². The van der Waals surface area contributed by atoms with Crippen molar-refractivity contribution in [2.45, 2.75) is 58.0 Å². The number of nitrogens with zero attached hydrogens (tertiary/aromatic N) is 4. The van der Waals surface area contributed by atoms with Crippen LogP contribution in [0.1, 0.15) is 51.3 Å². The number of alkyl halides is 3. The maximum atomic E-state index is 12.7. The Morgan fingerprint density at radius 3 is 2.56 bits per heavy atom. The highest BCUT2D eigenvalue weighted by Gasteiger charge is 2.38. The molecule has 32 heavy (non-hydrogen) atoms. The smallest absolute Gasteiger partial charge is 0.402 e. The number of hydrogen-bond acceptors (Lipinski definition) is 6. The minimum atomic E-state index is -4.84. The summed E-state index contributed by atoms with van der Waals surface area (Å²) in [5.74, 6) is -0.0395. The Bertz CT molecular complexity index is 940. The molecule has 176 valence electrons. The molecule has 1 saturated carbocycles. The third-order valence-electron chi connectivity index (χ3n) is 6.46. The van der Waals surface area contributed by atoms with Gasteiger partial charge in [0, 0.05) is 48.5 Å². The van der Waals surface area contributed by atoms with Crippen LogP contribution in [0.2, 0.25) is 0 Å². The third kappa shape index (κ3) is 4.85. The lowest BCUT2D eigenvalue weighted by atomic mass is 9.93. The van der Waals surface area contributed by atoms with Crippen molar-refractivity contribution in [3.63, 3.8) is 0 Å². The van der Waals surface area contributed by atoms with Crippen molar-refractivity contribution in [1.82, 2.24) is 19.7 Å². The first-order valence-electron chi connectivity index (χ1n) is 11.0. The molecular formula is C22H30F3N5O2. The van der Waals surface area contributed by atoms with E-state index in [1.165, 1.54) is 12.3 Å². The lowest BCUT2D eigenvalue weighted by Crippen LogP contribution is -2.42. The fourth-order valence-corrected chi connectivity index (χ4v) is 4.91. The second-order valence-corrected chi connectivity index (χ2v) is 9.01. The van der Waals surface area contributed by atoms with E-state index in [4.69, 9.17) is 15.6 Å². The van der Waals surface area contributed by atoms with E-state index in [0.717, 1.165) is 44.8 Å². The SMILES string of the molecule is CC(C)n1nc(-c2cnc(N)c(OC(F)(F)F)c2)cc1[C@@H]1C[C@@H](N2CCOCC2)C[C@@H]1C. The van der Waals surface area contributed by atoms with E-state index in [-0.39, 0.29) is 11.9 Å². The highest BCUT2D eigenvalue weighted by atomic mass is 19.4. The van der Waals surface area contributed by atoms with E-state index in [9.17, 15) is 13.2 Å². The van der Waals surface area contributed by atoms with Crippen LogP contribution in [-0.4, -0.2) is 58.4 Å². The van der Waals surface area contributed by atoms with Crippen LogP contribution in [0.4, 0.5) is 19.0 Å². The first-order chi connectivity index (χ1) is 15.1. The first kappa shape index (κ1) is 22.8. The third-order valence-corrected chi connectivity index (χ3v) is 6.46. The largest absolute Gasteiger partial charge is 0.573 e. The molecule has 0 amide bonds. The molecule has 2 aliphatic rings. The Morgan fingerprint density at radius 1 is 1.19 bits per heavy atom. The van der Waals surface area contributed by atoms with Crippen LogP contribution in [-0.2, 0) is 4.74 Å². The Hall–Kier alpha value is -2.33. The lowest BCUT2D eigenvalue weighted by Gasteiger charge is -2.32. The number of halogens is 3. The maximum Gasteiger partial charge on any atom is 0.573 e. The van der Waals surface area contributed by atoms with Crippen molar-refractivity contribution < 1.29 is 22.6 Å². The summed E-state index contributed by atoms with van der Waals surface area (Å²) in [4.78, 5) is 6.41. The van der Waals surface area contributed by atoms with Gasteiger partial charge in [-0.05, 0) is 44.7 Å². The van der Waals surface area contributed by atoms with Crippen LogP contribution in [0, 0.1) is 5.92 Å². The number of hydrogen-bond donors (Lipinski definition) is 1. The van der Waals surface area contributed by atoms with Gasteiger partial charge < -0.3 is 15.2 Å². The fourth-order valence-electron chi connectivity index (χ4n) is 4.91. The van der Waals surface area contributed by atoms with Crippen LogP contribution >= 0.6 is 0 Å². The van der Waals surface area contributed by atoms with E-state index in [1.54, 1.807) is 0 Å². The highest BCUT2D eigenvalue weighted by molar-refractivity contribution is 5.64. The summed E-state index contributed by atoms with van der Waals surface area (Å²) in [7, 11) is 0. The second kappa shape index (κ2) is 8.90. The molecule has 0 radical (unpaired) electrons. The standard InChI is InChI=1S/C22H30F3N5O2/c1-13(2)30-19(17-10-16(8-14(17)3)29-4-6-31-7-5-29)11-18(28-30)15-9-20(21(26)27-12-15)32-22(23,24)25/h9,11-14,16-17H,4-8,10H2,1-3H3,(H2,26,27)/t14-,16-,17+/m0/s1. The molecule has 0 bridgehead atoms. The molecule has 0 spiro atoms. The monoisotopic (exact) mass is 453 g/mol. The predicted octanol–water partition coefficient (Wildman–Crippen LogP) is 4.22. The highest BCUT2D eigenvalue weighted by Crippen LogP contribution is 2.43. The number of morpholine rings is 1. The molecule has 7 nitrogen and oxygen atoms in total. The summed E-state index contributed by atoms with van der Waals surface area (Å²) in [5, 5.41) is 4.73. The molecule has 1 aliphatic heterocycles. The van der Waals surface area contributed by atoms with Crippen molar-refractivity contribution >= 4 is 5.82 Å². The number of nitrogen functional groups attached to an aromatic ring is 1. The molecule has 1 saturated heterocycles. The molecule has 2 fully saturated rings. The summed E-state index contributed by atoms with van der Waals surface area (Å²) in [6.07, 6.45) is -1.27. The number of pyridine rings is 1. The molecule has 4 rings (SSSR count). The van der Waals surface area contributed by atoms with Gasteiger partial charge in [0.2, 0.25) is 0 Å². The van der Waals surface area contributed by atoms with Gasteiger partial charge in [0.05, 0.1) is 18.9 Å². The van der Waals surface area contributed by atoms with E-state index in [0.29, 0.717) is 29.1 Å². The van der Waals surface area contributed by atoms with Crippen molar-refractivity contribution in [3.8, 4) is 17.0 Å². The zero-order valence-corrected chi connectivity index (χ0v) is 18.6. The summed E-state index contributed by atoms with van der Waals surface area (Å²) in [6.45, 7) is 9.84. The average Bonchev–Trinajstić information content (AvgIpc) is 3.33. The van der Waals surface area contributed by atoms with Crippen LogP contribution in [0.15, 0.2) is 18.3 Å². The molecule has 3 atom stereocenters. The number of nitrogens with two attached hydrogens (primary N) is 1. The maximum absolute atomic E-state index is 12.7. The van der Waals surface area contributed by atoms with Gasteiger partial charge in [0.1, 0.15) is 0 Å². The zero-order valence-electron chi connectivity index (χ0n) is 18.6. The number of rotatable bonds is 5. The molecule has 10 heteroatoms. The van der Waals surface area contributed by atoms with Gasteiger partial charge in [-0.1, -0.05) is 6.92 Å². The fraction of sp³-hybridized carbons (Fsp3) is 0.636. The Kier molecular flexibility index (Phi) is 6.35. The Labute approximate surface area is 185 Å². The molecule has 2 N–H and O–H groups in total. The zero-order chi connectivity index (χ0) is 23.0. The van der Waals surface area contributed by atoms with E-state index >= 15 is 0 Å². The van der Waals surface area contributed by atoms with Gasteiger partial charge in [-0.3, -0.25) is 9.58 Å². The van der Waals surface area contributed by atoms with Gasteiger partial charge in [-0.25, -0.2) is 4.98 Å². The van der Waals surface area contributed by atoms with Gasteiger partial charge in [0.25, 0.3) is 0 Å². The second-order valence-electron chi connectivity index (χ2n) is 9.01. The van der Waals surface area contributed by atoms with Crippen LogP contribution in [0.3, 0.4) is 0 Å². The van der Waals surface area contributed by atoms with Crippen LogP contribution in [0.5, 0.6) is 5.75 Å². The van der Waals surface area contributed by atoms with Gasteiger partial charge >= 0.3 is 6.36 Å². The lowest BCUT2D eigenvalue weighted by molar-refractivity contribution is -0.274. The van der Waals surface area contributed by atoms with Crippen molar-refractivity contribution in [2.75, 3.05) is 32.0 Å². The molecule has 2 aromatic heterocycles. The predicted molar refractivity (Wildman–Crippen MR) is 114 cm³/mol. The number of aromatic nitrogens is 3. The molecule has 3 heterocycles. The first-order valence-corrected chi connectivity index (χ1v) is 11.0.